The van der Waals surface area contributed by atoms with E-state index in [0.717, 1.165) is 12.4 Å². The predicted molar refractivity (Wildman–Crippen MR) is 65.0 cm³/mol. The van der Waals surface area contributed by atoms with Gasteiger partial charge < -0.3 is 11.1 Å². The van der Waals surface area contributed by atoms with Crippen LogP contribution in [0, 0.1) is 6.92 Å². The zero-order valence-corrected chi connectivity index (χ0v) is 9.34. The number of thiophene rings is 1. The van der Waals surface area contributed by atoms with Crippen molar-refractivity contribution in [2.24, 2.45) is 0 Å². The molecule has 2 aromatic heterocycles. The van der Waals surface area contributed by atoms with Gasteiger partial charge >= 0.3 is 0 Å². The van der Waals surface area contributed by atoms with Gasteiger partial charge in [-0.05, 0) is 40.9 Å². The van der Waals surface area contributed by atoms with Crippen LogP contribution in [0.3, 0.4) is 0 Å². The molecule has 0 bridgehead atoms. The minimum Gasteiger partial charge on any atom is -0.396 e. The summed E-state index contributed by atoms with van der Waals surface area (Å²) in [5, 5.41) is 7.50. The number of hydrogen-bond donors (Lipinski definition) is 2. The van der Waals surface area contributed by atoms with Crippen molar-refractivity contribution >= 4 is 22.8 Å². The average molecular weight is 219 g/mol. The minimum atomic E-state index is 0.686. The number of nitrogens with one attached hydrogen (secondary N) is 1. The van der Waals surface area contributed by atoms with Crippen molar-refractivity contribution in [3.05, 3.63) is 40.2 Å². The Morgan fingerprint density at radius 3 is 3.00 bits per heavy atom. The van der Waals surface area contributed by atoms with E-state index in [-0.39, 0.29) is 0 Å². The highest BCUT2D eigenvalue weighted by Gasteiger charge is 2.01. The van der Waals surface area contributed by atoms with Crippen LogP contribution in [0.4, 0.5) is 11.5 Å². The van der Waals surface area contributed by atoms with Crippen LogP contribution in [0.25, 0.3) is 0 Å². The Morgan fingerprint density at radius 2 is 2.33 bits per heavy atom. The van der Waals surface area contributed by atoms with Crippen molar-refractivity contribution in [2.45, 2.75) is 13.5 Å². The summed E-state index contributed by atoms with van der Waals surface area (Å²) < 4.78 is 0. The third kappa shape index (κ3) is 2.27. The van der Waals surface area contributed by atoms with Crippen LogP contribution in [-0.2, 0) is 6.54 Å². The SMILES string of the molecule is Cc1cscc1CNc1ncccc1N. The van der Waals surface area contributed by atoms with Gasteiger partial charge in [-0.25, -0.2) is 4.98 Å². The fraction of sp³-hybridized carbons (Fsp3) is 0.182. The van der Waals surface area contributed by atoms with Crippen LogP contribution >= 0.6 is 11.3 Å². The number of rotatable bonds is 3. The normalized spacial score (nSPS) is 10.2. The quantitative estimate of drug-likeness (QED) is 0.834. The van der Waals surface area contributed by atoms with Crippen molar-refractivity contribution in [2.75, 3.05) is 11.1 Å². The van der Waals surface area contributed by atoms with Crippen LogP contribution in [0.5, 0.6) is 0 Å². The van der Waals surface area contributed by atoms with Gasteiger partial charge in [-0.3, -0.25) is 0 Å². The zero-order valence-electron chi connectivity index (χ0n) is 8.53. The predicted octanol–water partition coefficient (Wildman–Crippen LogP) is 2.65. The first-order valence-electron chi connectivity index (χ1n) is 4.73. The smallest absolute Gasteiger partial charge is 0.149 e. The van der Waals surface area contributed by atoms with Crippen molar-refractivity contribution in [3.8, 4) is 0 Å². The van der Waals surface area contributed by atoms with E-state index in [4.69, 9.17) is 5.73 Å². The summed E-state index contributed by atoms with van der Waals surface area (Å²) in [7, 11) is 0. The second kappa shape index (κ2) is 4.31. The molecule has 0 aromatic carbocycles. The fourth-order valence-electron chi connectivity index (χ4n) is 1.31. The lowest BCUT2D eigenvalue weighted by molar-refractivity contribution is 1.11. The Bertz CT molecular complexity index is 451. The summed E-state index contributed by atoms with van der Waals surface area (Å²) in [6.45, 7) is 2.88. The van der Waals surface area contributed by atoms with Gasteiger partial charge in [0, 0.05) is 12.7 Å². The van der Waals surface area contributed by atoms with Gasteiger partial charge in [-0.2, -0.15) is 11.3 Å². The molecule has 0 aliphatic rings. The molecule has 0 aliphatic heterocycles. The van der Waals surface area contributed by atoms with E-state index in [2.05, 4.69) is 28.0 Å². The first-order valence-corrected chi connectivity index (χ1v) is 5.67. The van der Waals surface area contributed by atoms with Crippen molar-refractivity contribution in [1.82, 2.24) is 4.98 Å². The monoisotopic (exact) mass is 219 g/mol. The second-order valence-corrected chi connectivity index (χ2v) is 4.12. The maximum Gasteiger partial charge on any atom is 0.149 e. The number of nitrogens with zero attached hydrogens (tertiary/aromatic N) is 1. The Labute approximate surface area is 93.0 Å². The molecular weight excluding hydrogens is 206 g/mol. The summed E-state index contributed by atoms with van der Waals surface area (Å²) in [5.41, 5.74) is 9.06. The highest BCUT2D eigenvalue weighted by molar-refractivity contribution is 7.08. The number of anilines is 2. The molecule has 2 heterocycles. The summed E-state index contributed by atoms with van der Waals surface area (Å²) >= 11 is 1.71. The molecule has 3 nitrogen and oxygen atoms in total. The number of nitrogen functional groups attached to an aromatic ring is 1. The molecule has 78 valence electrons. The van der Waals surface area contributed by atoms with Gasteiger partial charge in [0.15, 0.2) is 0 Å². The van der Waals surface area contributed by atoms with E-state index in [1.165, 1.54) is 11.1 Å². The fourth-order valence-corrected chi connectivity index (χ4v) is 2.17. The zero-order chi connectivity index (χ0) is 10.7. The number of nitrogens with two attached hydrogens (primary N) is 1. The third-order valence-electron chi connectivity index (χ3n) is 2.25. The molecule has 3 N–H and O–H groups in total. The molecule has 0 saturated carbocycles. The molecule has 4 heteroatoms. The van der Waals surface area contributed by atoms with E-state index in [1.807, 2.05) is 12.1 Å². The topological polar surface area (TPSA) is 50.9 Å². The standard InChI is InChI=1S/C11H13N3S/c1-8-6-15-7-9(8)5-14-11-10(12)3-2-4-13-11/h2-4,6-7H,5,12H2,1H3,(H,13,14). The van der Waals surface area contributed by atoms with Crippen LogP contribution < -0.4 is 11.1 Å². The summed E-state index contributed by atoms with van der Waals surface area (Å²) in [6.07, 6.45) is 1.74. The van der Waals surface area contributed by atoms with E-state index < -0.39 is 0 Å². The molecule has 0 unspecified atom stereocenters. The molecule has 0 fully saturated rings. The molecule has 0 amide bonds. The molecule has 15 heavy (non-hydrogen) atoms. The maximum atomic E-state index is 5.78. The lowest BCUT2D eigenvalue weighted by Crippen LogP contribution is -2.04. The van der Waals surface area contributed by atoms with Crippen LogP contribution in [0.2, 0.25) is 0 Å². The van der Waals surface area contributed by atoms with Gasteiger partial charge in [0.05, 0.1) is 5.69 Å². The minimum absolute atomic E-state index is 0.686. The van der Waals surface area contributed by atoms with Crippen LogP contribution in [-0.4, -0.2) is 4.98 Å². The van der Waals surface area contributed by atoms with Crippen molar-refractivity contribution < 1.29 is 0 Å². The summed E-state index contributed by atoms with van der Waals surface area (Å²) in [4.78, 5) is 4.17. The van der Waals surface area contributed by atoms with Crippen molar-refractivity contribution in [1.29, 1.82) is 0 Å². The van der Waals surface area contributed by atoms with Gasteiger partial charge in [-0.15, -0.1) is 0 Å². The maximum absolute atomic E-state index is 5.78. The van der Waals surface area contributed by atoms with Gasteiger partial charge in [-0.1, -0.05) is 0 Å². The van der Waals surface area contributed by atoms with E-state index >= 15 is 0 Å². The Kier molecular flexibility index (Phi) is 2.87. The Hall–Kier alpha value is -1.55. The van der Waals surface area contributed by atoms with Crippen LogP contribution in [0.15, 0.2) is 29.1 Å². The first kappa shape index (κ1) is 9.98. The molecule has 0 saturated heterocycles. The molecular formula is C11H13N3S. The summed E-state index contributed by atoms with van der Waals surface area (Å²) in [6, 6.07) is 3.67. The molecule has 0 atom stereocenters. The highest BCUT2D eigenvalue weighted by Crippen LogP contribution is 2.17. The first-order chi connectivity index (χ1) is 7.27. The van der Waals surface area contributed by atoms with Gasteiger partial charge in [0.25, 0.3) is 0 Å². The molecule has 2 rings (SSSR count). The number of aryl methyl sites for hydroxylation is 1. The molecule has 0 spiro atoms. The largest absolute Gasteiger partial charge is 0.396 e. The van der Waals surface area contributed by atoms with E-state index in [9.17, 15) is 0 Å². The highest BCUT2D eigenvalue weighted by atomic mass is 32.1. The lowest BCUT2D eigenvalue weighted by atomic mass is 10.2. The van der Waals surface area contributed by atoms with Gasteiger partial charge in [0.1, 0.15) is 5.82 Å². The number of hydrogen-bond acceptors (Lipinski definition) is 4. The summed E-state index contributed by atoms with van der Waals surface area (Å²) in [5.74, 6) is 0.753. The third-order valence-corrected chi connectivity index (χ3v) is 3.16. The van der Waals surface area contributed by atoms with Gasteiger partial charge in [0.2, 0.25) is 0 Å². The lowest BCUT2D eigenvalue weighted by Gasteiger charge is -2.07. The van der Waals surface area contributed by atoms with Crippen molar-refractivity contribution in [3.63, 3.8) is 0 Å². The second-order valence-electron chi connectivity index (χ2n) is 3.37. The van der Waals surface area contributed by atoms with E-state index in [1.54, 1.807) is 17.5 Å². The molecule has 2 aromatic rings. The molecule has 0 radical (unpaired) electrons. The van der Waals surface area contributed by atoms with Crippen LogP contribution in [0.1, 0.15) is 11.1 Å². The Morgan fingerprint density at radius 1 is 1.47 bits per heavy atom. The van der Waals surface area contributed by atoms with E-state index in [0.29, 0.717) is 5.69 Å². The average Bonchev–Trinajstić information content (AvgIpc) is 2.63. The number of pyridine rings is 1. The molecule has 0 aliphatic carbocycles. The Balaban J connectivity index is 2.06. The number of aromatic nitrogens is 1.